The molecule has 0 aliphatic rings. The van der Waals surface area contributed by atoms with E-state index in [9.17, 15) is 0 Å². The molecule has 0 radical (unpaired) electrons. The number of ether oxygens (including phenoxy) is 1. The molecular weight excluding hydrogens is 308 g/mol. The van der Waals surface area contributed by atoms with Gasteiger partial charge in [-0.2, -0.15) is 0 Å². The van der Waals surface area contributed by atoms with Gasteiger partial charge in [0.25, 0.3) is 0 Å². The summed E-state index contributed by atoms with van der Waals surface area (Å²) in [6.45, 7) is 9.06. The Morgan fingerprint density at radius 2 is 1.40 bits per heavy atom. The summed E-state index contributed by atoms with van der Waals surface area (Å²) in [5.74, 6) is 0.954. The Labute approximate surface area is 152 Å². The van der Waals surface area contributed by atoms with Gasteiger partial charge in [-0.05, 0) is 67.8 Å². The van der Waals surface area contributed by atoms with E-state index in [4.69, 9.17) is 4.74 Å². The van der Waals surface area contributed by atoms with E-state index in [-0.39, 0.29) is 0 Å². The van der Waals surface area contributed by atoms with Gasteiger partial charge in [0.15, 0.2) is 0 Å². The van der Waals surface area contributed by atoms with Gasteiger partial charge in [-0.25, -0.2) is 0 Å². The van der Waals surface area contributed by atoms with Crippen molar-refractivity contribution >= 4 is 11.4 Å². The van der Waals surface area contributed by atoms with Crippen molar-refractivity contribution in [2.75, 3.05) is 30.3 Å². The molecule has 0 aromatic heterocycles. The summed E-state index contributed by atoms with van der Waals surface area (Å²) in [6.07, 6.45) is 4.95. The van der Waals surface area contributed by atoms with Gasteiger partial charge in [0.05, 0.1) is 6.61 Å². The number of benzene rings is 2. The molecule has 0 saturated heterocycles. The van der Waals surface area contributed by atoms with E-state index in [2.05, 4.69) is 61.7 Å². The fourth-order valence-electron chi connectivity index (χ4n) is 2.88. The van der Waals surface area contributed by atoms with Crippen LogP contribution in [0.4, 0.5) is 11.4 Å². The predicted octanol–water partition coefficient (Wildman–Crippen LogP) is 5.79. The molecule has 25 heavy (non-hydrogen) atoms. The molecule has 0 fully saturated rings. The van der Waals surface area contributed by atoms with Crippen molar-refractivity contribution < 1.29 is 4.74 Å². The Bertz CT molecular complexity index is 602. The lowest BCUT2D eigenvalue weighted by atomic mass is 10.1. The van der Waals surface area contributed by atoms with E-state index in [0.29, 0.717) is 0 Å². The summed E-state index contributed by atoms with van der Waals surface area (Å²) in [4.78, 5) is 0. The second-order valence-electron chi connectivity index (χ2n) is 6.66. The first-order valence-corrected chi connectivity index (χ1v) is 9.46. The summed E-state index contributed by atoms with van der Waals surface area (Å²) in [6, 6.07) is 14.8. The maximum Gasteiger partial charge on any atom is 0.119 e. The van der Waals surface area contributed by atoms with Crippen molar-refractivity contribution in [3.8, 4) is 5.75 Å². The number of rotatable bonds is 11. The number of unbranched alkanes of at least 4 members (excludes halogenated alkanes) is 3. The Hall–Kier alpha value is -2.16. The highest BCUT2D eigenvalue weighted by Gasteiger charge is 1.97. The lowest BCUT2D eigenvalue weighted by molar-refractivity contribution is 0.305. The molecule has 0 heterocycles. The third-order valence-corrected chi connectivity index (χ3v) is 4.13. The minimum atomic E-state index is 0.812. The quantitative estimate of drug-likeness (QED) is 0.508. The van der Waals surface area contributed by atoms with Gasteiger partial charge in [0.1, 0.15) is 5.75 Å². The van der Waals surface area contributed by atoms with Crippen LogP contribution >= 0.6 is 0 Å². The largest absolute Gasteiger partial charge is 0.494 e. The summed E-state index contributed by atoms with van der Waals surface area (Å²) >= 11 is 0. The summed E-state index contributed by atoms with van der Waals surface area (Å²) < 4.78 is 5.77. The minimum absolute atomic E-state index is 0.812. The third-order valence-electron chi connectivity index (χ3n) is 4.13. The monoisotopic (exact) mass is 340 g/mol. The molecule has 0 amide bonds. The topological polar surface area (TPSA) is 33.3 Å². The molecule has 2 aromatic rings. The molecule has 0 atom stereocenters. The number of hydrogen-bond acceptors (Lipinski definition) is 3. The van der Waals surface area contributed by atoms with Crippen LogP contribution in [0.5, 0.6) is 5.75 Å². The minimum Gasteiger partial charge on any atom is -0.494 e. The zero-order chi connectivity index (χ0) is 17.9. The Morgan fingerprint density at radius 3 is 2.04 bits per heavy atom. The van der Waals surface area contributed by atoms with E-state index in [1.165, 1.54) is 36.1 Å². The van der Waals surface area contributed by atoms with Crippen molar-refractivity contribution in [1.82, 2.24) is 0 Å². The van der Waals surface area contributed by atoms with Crippen molar-refractivity contribution in [2.45, 2.75) is 46.5 Å². The van der Waals surface area contributed by atoms with Crippen LogP contribution in [0.1, 0.15) is 43.7 Å². The van der Waals surface area contributed by atoms with Gasteiger partial charge in [-0.3, -0.25) is 0 Å². The SMILES string of the molecule is CCCCCCOc1ccc(NCCNc2cc(C)cc(C)c2)cc1. The van der Waals surface area contributed by atoms with Crippen LogP contribution in [0.25, 0.3) is 0 Å². The maximum absolute atomic E-state index is 5.77. The lowest BCUT2D eigenvalue weighted by Gasteiger charge is -2.11. The zero-order valence-corrected chi connectivity index (χ0v) is 15.9. The maximum atomic E-state index is 5.77. The smallest absolute Gasteiger partial charge is 0.119 e. The van der Waals surface area contributed by atoms with Gasteiger partial charge >= 0.3 is 0 Å². The molecule has 0 spiro atoms. The average Bonchev–Trinajstić information content (AvgIpc) is 2.59. The van der Waals surface area contributed by atoms with Crippen molar-refractivity contribution in [1.29, 1.82) is 0 Å². The lowest BCUT2D eigenvalue weighted by Crippen LogP contribution is -2.13. The van der Waals surface area contributed by atoms with Gasteiger partial charge in [0, 0.05) is 24.5 Å². The van der Waals surface area contributed by atoms with Crippen molar-refractivity contribution in [3.05, 3.63) is 53.6 Å². The van der Waals surface area contributed by atoms with Crippen LogP contribution in [-0.4, -0.2) is 19.7 Å². The van der Waals surface area contributed by atoms with Gasteiger partial charge in [-0.1, -0.05) is 32.3 Å². The predicted molar refractivity (Wildman–Crippen MR) is 109 cm³/mol. The molecular formula is C22H32N2O. The molecule has 0 saturated carbocycles. The molecule has 136 valence electrons. The van der Waals surface area contributed by atoms with Crippen LogP contribution < -0.4 is 15.4 Å². The van der Waals surface area contributed by atoms with Gasteiger partial charge < -0.3 is 15.4 Å². The highest BCUT2D eigenvalue weighted by atomic mass is 16.5. The van der Waals surface area contributed by atoms with E-state index in [1.54, 1.807) is 0 Å². The molecule has 0 unspecified atom stereocenters. The second-order valence-corrected chi connectivity index (χ2v) is 6.66. The fourth-order valence-corrected chi connectivity index (χ4v) is 2.88. The second kappa shape index (κ2) is 10.7. The molecule has 2 rings (SSSR count). The Balaban J connectivity index is 1.65. The van der Waals surface area contributed by atoms with Crippen molar-refractivity contribution in [3.63, 3.8) is 0 Å². The molecule has 2 aromatic carbocycles. The molecule has 0 bridgehead atoms. The van der Waals surface area contributed by atoms with Crippen LogP contribution in [0.3, 0.4) is 0 Å². The summed E-state index contributed by atoms with van der Waals surface area (Å²) in [7, 11) is 0. The molecule has 0 aliphatic carbocycles. The Morgan fingerprint density at radius 1 is 0.760 bits per heavy atom. The van der Waals surface area contributed by atoms with Crippen LogP contribution in [0, 0.1) is 13.8 Å². The normalized spacial score (nSPS) is 10.5. The van der Waals surface area contributed by atoms with Crippen molar-refractivity contribution in [2.24, 2.45) is 0 Å². The highest BCUT2D eigenvalue weighted by Crippen LogP contribution is 2.16. The first kappa shape index (κ1) is 19.2. The van der Waals surface area contributed by atoms with E-state index >= 15 is 0 Å². The number of anilines is 2. The van der Waals surface area contributed by atoms with E-state index in [0.717, 1.165) is 37.6 Å². The average molecular weight is 341 g/mol. The zero-order valence-electron chi connectivity index (χ0n) is 15.9. The molecule has 2 N–H and O–H groups in total. The van der Waals surface area contributed by atoms with Gasteiger partial charge in [0.2, 0.25) is 0 Å². The Kier molecular flexibility index (Phi) is 8.17. The number of hydrogen-bond donors (Lipinski definition) is 2. The first-order chi connectivity index (χ1) is 12.2. The van der Waals surface area contributed by atoms with Crippen LogP contribution in [0.2, 0.25) is 0 Å². The molecule has 3 heteroatoms. The van der Waals surface area contributed by atoms with E-state index < -0.39 is 0 Å². The highest BCUT2D eigenvalue weighted by molar-refractivity contribution is 5.49. The standard InChI is InChI=1S/C22H32N2O/c1-4-5-6-7-14-25-22-10-8-20(9-11-22)23-12-13-24-21-16-18(2)15-19(3)17-21/h8-11,15-17,23-24H,4-7,12-14H2,1-3H3. The third kappa shape index (κ3) is 7.51. The summed E-state index contributed by atoms with van der Waals surface area (Å²) in [5.41, 5.74) is 4.90. The first-order valence-electron chi connectivity index (χ1n) is 9.46. The fraction of sp³-hybridized carbons (Fsp3) is 0.455. The number of aryl methyl sites for hydroxylation is 2. The number of nitrogens with one attached hydrogen (secondary N) is 2. The van der Waals surface area contributed by atoms with Gasteiger partial charge in [-0.15, -0.1) is 0 Å². The van der Waals surface area contributed by atoms with E-state index in [1.807, 2.05) is 12.1 Å². The molecule has 3 nitrogen and oxygen atoms in total. The molecule has 0 aliphatic heterocycles. The van der Waals surface area contributed by atoms with Crippen LogP contribution in [-0.2, 0) is 0 Å². The van der Waals surface area contributed by atoms with Crippen LogP contribution in [0.15, 0.2) is 42.5 Å². The summed E-state index contributed by atoms with van der Waals surface area (Å²) in [5, 5.41) is 6.90.